The molecule has 0 aliphatic carbocycles. The highest BCUT2D eigenvalue weighted by Crippen LogP contribution is 2.01. The summed E-state index contributed by atoms with van der Waals surface area (Å²) in [5, 5.41) is 0. The first-order valence-electron chi connectivity index (χ1n) is 4.47. The molecule has 15 heavy (non-hydrogen) atoms. The number of nitrogens with two attached hydrogens (primary N) is 1. The molecule has 5 nitrogen and oxygen atoms in total. The van der Waals surface area contributed by atoms with E-state index in [-0.39, 0.29) is 5.56 Å². The second kappa shape index (κ2) is 3.91. The van der Waals surface area contributed by atoms with E-state index in [1.165, 1.54) is 23.2 Å². The minimum atomic E-state index is -0.103. The predicted molar refractivity (Wildman–Crippen MR) is 56.2 cm³/mol. The average Bonchev–Trinajstić information content (AvgIpc) is 2.22. The molecule has 2 aromatic heterocycles. The van der Waals surface area contributed by atoms with Crippen LogP contribution >= 0.6 is 0 Å². The zero-order valence-electron chi connectivity index (χ0n) is 8.00. The molecule has 0 spiro atoms. The van der Waals surface area contributed by atoms with Crippen LogP contribution in [0.5, 0.6) is 0 Å². The van der Waals surface area contributed by atoms with Gasteiger partial charge in [-0.3, -0.25) is 9.36 Å². The number of hydrogen-bond donors (Lipinski definition) is 1. The van der Waals surface area contributed by atoms with E-state index in [0.717, 1.165) is 5.69 Å². The van der Waals surface area contributed by atoms with E-state index in [9.17, 15) is 4.79 Å². The minimum Gasteiger partial charge on any atom is -0.384 e. The third-order valence-electron chi connectivity index (χ3n) is 1.95. The highest BCUT2D eigenvalue weighted by Gasteiger charge is 1.98. The number of anilines is 1. The molecule has 0 fully saturated rings. The van der Waals surface area contributed by atoms with Crippen molar-refractivity contribution in [3.8, 4) is 0 Å². The lowest BCUT2D eigenvalue weighted by Crippen LogP contribution is -2.19. The van der Waals surface area contributed by atoms with Gasteiger partial charge in [-0.2, -0.15) is 0 Å². The van der Waals surface area contributed by atoms with E-state index >= 15 is 0 Å². The summed E-state index contributed by atoms with van der Waals surface area (Å²) in [7, 11) is 0. The lowest BCUT2D eigenvalue weighted by molar-refractivity contribution is 0.720. The van der Waals surface area contributed by atoms with Crippen LogP contribution in [0.25, 0.3) is 0 Å². The Morgan fingerprint density at radius 1 is 1.33 bits per heavy atom. The molecule has 76 valence electrons. The largest absolute Gasteiger partial charge is 0.384 e. The minimum absolute atomic E-state index is 0.103. The molecule has 0 radical (unpaired) electrons. The summed E-state index contributed by atoms with van der Waals surface area (Å²) in [6, 6.07) is 6.73. The zero-order valence-corrected chi connectivity index (χ0v) is 8.00. The molecular formula is C10H10N4O. The normalized spacial score (nSPS) is 10.1. The summed E-state index contributed by atoms with van der Waals surface area (Å²) in [6.07, 6.45) is 2.94. The van der Waals surface area contributed by atoms with Crippen molar-refractivity contribution in [1.29, 1.82) is 0 Å². The fourth-order valence-electron chi connectivity index (χ4n) is 1.26. The molecule has 0 aliphatic heterocycles. The summed E-state index contributed by atoms with van der Waals surface area (Å²) in [6.45, 7) is 0.387. The van der Waals surface area contributed by atoms with Crippen molar-refractivity contribution < 1.29 is 0 Å². The van der Waals surface area contributed by atoms with Crippen LogP contribution < -0.4 is 11.3 Å². The fourth-order valence-corrected chi connectivity index (χ4v) is 1.26. The smallest absolute Gasteiger partial charge is 0.253 e. The van der Waals surface area contributed by atoms with Gasteiger partial charge < -0.3 is 5.73 Å². The van der Waals surface area contributed by atoms with Gasteiger partial charge in [0.05, 0.1) is 18.6 Å². The second-order valence-corrected chi connectivity index (χ2v) is 3.10. The van der Waals surface area contributed by atoms with Gasteiger partial charge in [0, 0.05) is 12.3 Å². The van der Waals surface area contributed by atoms with Crippen molar-refractivity contribution in [3.05, 3.63) is 52.8 Å². The summed E-state index contributed by atoms with van der Waals surface area (Å²) >= 11 is 0. The number of nitrogen functional groups attached to an aromatic ring is 1. The number of aromatic nitrogens is 3. The van der Waals surface area contributed by atoms with Gasteiger partial charge >= 0.3 is 0 Å². The van der Waals surface area contributed by atoms with E-state index < -0.39 is 0 Å². The van der Waals surface area contributed by atoms with Crippen molar-refractivity contribution in [2.75, 3.05) is 5.73 Å². The highest BCUT2D eigenvalue weighted by molar-refractivity contribution is 5.28. The molecule has 0 atom stereocenters. The molecule has 0 amide bonds. The maximum Gasteiger partial charge on any atom is 0.253 e. The third kappa shape index (κ3) is 2.19. The first-order valence-corrected chi connectivity index (χ1v) is 4.47. The van der Waals surface area contributed by atoms with E-state index in [4.69, 9.17) is 5.73 Å². The maximum atomic E-state index is 11.4. The van der Waals surface area contributed by atoms with Crippen molar-refractivity contribution in [1.82, 2.24) is 14.5 Å². The summed E-state index contributed by atoms with van der Waals surface area (Å²) in [5.74, 6) is 0.449. The topological polar surface area (TPSA) is 73.8 Å². The Kier molecular flexibility index (Phi) is 2.45. The van der Waals surface area contributed by atoms with Gasteiger partial charge in [-0.25, -0.2) is 9.97 Å². The first kappa shape index (κ1) is 9.39. The second-order valence-electron chi connectivity index (χ2n) is 3.10. The van der Waals surface area contributed by atoms with Crippen LogP contribution in [0.1, 0.15) is 5.69 Å². The molecule has 2 heterocycles. The van der Waals surface area contributed by atoms with Gasteiger partial charge in [-0.05, 0) is 12.1 Å². The molecule has 2 aromatic rings. The number of rotatable bonds is 2. The predicted octanol–water partition coefficient (Wildman–Crippen LogP) is 0.269. The van der Waals surface area contributed by atoms with Crippen LogP contribution in [0.2, 0.25) is 0 Å². The molecule has 0 aromatic carbocycles. The van der Waals surface area contributed by atoms with Crippen LogP contribution in [-0.2, 0) is 6.54 Å². The lowest BCUT2D eigenvalue weighted by Gasteiger charge is -2.03. The van der Waals surface area contributed by atoms with Crippen LogP contribution in [0.15, 0.2) is 41.6 Å². The van der Waals surface area contributed by atoms with Crippen LogP contribution in [0, 0.1) is 0 Å². The standard InChI is InChI=1S/C10H10N4O/c11-9-3-1-2-8(13-9)6-14-7-12-5-4-10(14)15/h1-5,7H,6H2,(H2,11,13). The maximum absolute atomic E-state index is 11.4. The SMILES string of the molecule is Nc1cccc(Cn2cnccc2=O)n1. The molecule has 0 saturated heterocycles. The average molecular weight is 202 g/mol. The Hall–Kier alpha value is -2.17. The Bertz CT molecular complexity index is 521. The van der Waals surface area contributed by atoms with Crippen molar-refractivity contribution in [3.63, 3.8) is 0 Å². The van der Waals surface area contributed by atoms with E-state index in [2.05, 4.69) is 9.97 Å². The summed E-state index contributed by atoms with van der Waals surface area (Å²) in [4.78, 5) is 19.3. The zero-order chi connectivity index (χ0) is 10.7. The van der Waals surface area contributed by atoms with E-state index in [1.807, 2.05) is 6.07 Å². The van der Waals surface area contributed by atoms with Crippen molar-refractivity contribution >= 4 is 5.82 Å². The van der Waals surface area contributed by atoms with Gasteiger partial charge in [0.1, 0.15) is 5.82 Å². The van der Waals surface area contributed by atoms with Gasteiger partial charge in [0.25, 0.3) is 5.56 Å². The van der Waals surface area contributed by atoms with Gasteiger partial charge in [0.2, 0.25) is 0 Å². The molecule has 5 heteroatoms. The van der Waals surface area contributed by atoms with Gasteiger partial charge in [-0.1, -0.05) is 6.07 Å². The van der Waals surface area contributed by atoms with Crippen LogP contribution in [-0.4, -0.2) is 14.5 Å². The van der Waals surface area contributed by atoms with Crippen molar-refractivity contribution in [2.45, 2.75) is 6.54 Å². The molecular weight excluding hydrogens is 192 g/mol. The monoisotopic (exact) mass is 202 g/mol. The molecule has 2 N–H and O–H groups in total. The molecule has 2 rings (SSSR count). The van der Waals surface area contributed by atoms with Crippen molar-refractivity contribution in [2.24, 2.45) is 0 Å². The molecule has 0 aliphatic rings. The molecule has 0 saturated carbocycles. The summed E-state index contributed by atoms with van der Waals surface area (Å²) in [5.41, 5.74) is 6.17. The van der Waals surface area contributed by atoms with Gasteiger partial charge in [0.15, 0.2) is 0 Å². The Labute approximate surface area is 86.2 Å². The number of hydrogen-bond acceptors (Lipinski definition) is 4. The van der Waals surface area contributed by atoms with Crippen LogP contribution in [0.3, 0.4) is 0 Å². The van der Waals surface area contributed by atoms with Crippen LogP contribution in [0.4, 0.5) is 5.82 Å². The Morgan fingerprint density at radius 3 is 2.93 bits per heavy atom. The lowest BCUT2D eigenvalue weighted by atomic mass is 10.3. The Morgan fingerprint density at radius 2 is 2.20 bits per heavy atom. The number of nitrogens with zero attached hydrogens (tertiary/aromatic N) is 3. The first-order chi connectivity index (χ1) is 7.25. The highest BCUT2D eigenvalue weighted by atomic mass is 16.1. The summed E-state index contributed by atoms with van der Waals surface area (Å²) < 4.78 is 1.47. The number of pyridine rings is 1. The third-order valence-corrected chi connectivity index (χ3v) is 1.95. The van der Waals surface area contributed by atoms with E-state index in [1.54, 1.807) is 12.1 Å². The molecule has 0 bridgehead atoms. The fraction of sp³-hybridized carbons (Fsp3) is 0.100. The van der Waals surface area contributed by atoms with Gasteiger partial charge in [-0.15, -0.1) is 0 Å². The Balaban J connectivity index is 2.30. The quantitative estimate of drug-likeness (QED) is 0.758. The van der Waals surface area contributed by atoms with E-state index in [0.29, 0.717) is 12.4 Å². The molecule has 0 unspecified atom stereocenters.